The average Bonchev–Trinajstić information content (AvgIpc) is 3.44. The third-order valence-electron chi connectivity index (χ3n) is 5.53. The Kier molecular flexibility index (Phi) is 7.38. The van der Waals surface area contributed by atoms with Crippen LogP contribution in [0.3, 0.4) is 0 Å². The van der Waals surface area contributed by atoms with Crippen LogP contribution in [0.2, 0.25) is 0 Å². The van der Waals surface area contributed by atoms with Gasteiger partial charge in [0.2, 0.25) is 0 Å². The molecule has 1 saturated heterocycles. The van der Waals surface area contributed by atoms with Crippen LogP contribution in [0.5, 0.6) is 5.75 Å². The Morgan fingerprint density at radius 1 is 1.32 bits per heavy atom. The van der Waals surface area contributed by atoms with Crippen LogP contribution in [0.1, 0.15) is 37.8 Å². The molecule has 2 unspecified atom stereocenters. The molecule has 0 amide bonds. The lowest BCUT2D eigenvalue weighted by molar-refractivity contribution is -0.0172. The summed E-state index contributed by atoms with van der Waals surface area (Å²) in [7, 11) is 0. The van der Waals surface area contributed by atoms with Crippen LogP contribution < -0.4 is 15.4 Å². The van der Waals surface area contributed by atoms with Gasteiger partial charge in [-0.25, -0.2) is 9.38 Å². The van der Waals surface area contributed by atoms with Gasteiger partial charge in [-0.15, -0.1) is 24.0 Å². The fraction of sp³-hybridized carbons (Fsp3) is 0.650. The van der Waals surface area contributed by atoms with Crippen molar-refractivity contribution in [2.24, 2.45) is 10.9 Å². The first-order valence-electron chi connectivity index (χ1n) is 9.94. The molecule has 0 bridgehead atoms. The topological polar surface area (TPSA) is 58.1 Å². The van der Waals surface area contributed by atoms with E-state index in [1.54, 1.807) is 0 Å². The molecule has 0 radical (unpaired) electrons. The summed E-state index contributed by atoms with van der Waals surface area (Å²) in [6.07, 6.45) is 2.67. The summed E-state index contributed by atoms with van der Waals surface area (Å²) in [5, 5.41) is 6.90. The lowest BCUT2D eigenvalue weighted by atomic mass is 10.1. The fourth-order valence-electron chi connectivity index (χ4n) is 3.96. The van der Waals surface area contributed by atoms with Gasteiger partial charge in [-0.1, -0.05) is 6.92 Å². The van der Waals surface area contributed by atoms with E-state index in [9.17, 15) is 4.39 Å². The summed E-state index contributed by atoms with van der Waals surface area (Å²) in [6, 6.07) is 4.15. The molecule has 0 aromatic heterocycles. The Morgan fingerprint density at radius 3 is 2.89 bits per heavy atom. The van der Waals surface area contributed by atoms with E-state index in [1.165, 1.54) is 25.0 Å². The van der Waals surface area contributed by atoms with Gasteiger partial charge in [0.1, 0.15) is 11.6 Å². The molecule has 2 heterocycles. The van der Waals surface area contributed by atoms with Crippen LogP contribution in [0, 0.1) is 11.7 Å². The minimum atomic E-state index is -0.282. The van der Waals surface area contributed by atoms with Gasteiger partial charge in [-0.3, -0.25) is 4.90 Å². The zero-order valence-corrected chi connectivity index (χ0v) is 18.9. The molecule has 2 N–H and O–H groups in total. The third kappa shape index (κ3) is 5.07. The molecule has 2 aliphatic heterocycles. The van der Waals surface area contributed by atoms with Crippen molar-refractivity contribution in [1.82, 2.24) is 15.5 Å². The lowest BCUT2D eigenvalue weighted by Crippen LogP contribution is -2.46. The number of ether oxygens (including phenoxy) is 2. The van der Waals surface area contributed by atoms with E-state index in [0.29, 0.717) is 30.9 Å². The second kappa shape index (κ2) is 9.58. The maximum absolute atomic E-state index is 13.9. The van der Waals surface area contributed by atoms with Crippen molar-refractivity contribution in [3.63, 3.8) is 0 Å². The van der Waals surface area contributed by atoms with E-state index in [2.05, 4.69) is 29.4 Å². The second-order valence-corrected chi connectivity index (χ2v) is 7.77. The predicted molar refractivity (Wildman–Crippen MR) is 118 cm³/mol. The minimum Gasteiger partial charge on any atom is -0.467 e. The van der Waals surface area contributed by atoms with Crippen LogP contribution in [0.4, 0.5) is 4.39 Å². The Balaban J connectivity index is 0.00000225. The van der Waals surface area contributed by atoms with E-state index < -0.39 is 0 Å². The van der Waals surface area contributed by atoms with Crippen molar-refractivity contribution in [2.75, 3.05) is 26.4 Å². The quantitative estimate of drug-likeness (QED) is 0.367. The number of likely N-dealkylation sites (tertiary alicyclic amines) is 1. The van der Waals surface area contributed by atoms with Crippen LogP contribution in [-0.2, 0) is 17.9 Å². The van der Waals surface area contributed by atoms with Gasteiger partial charge >= 0.3 is 0 Å². The number of guanidine groups is 1. The summed E-state index contributed by atoms with van der Waals surface area (Å²) in [5.74, 6) is 1.78. The highest BCUT2D eigenvalue weighted by Gasteiger charge is 2.38. The number of hydrogen-bond donors (Lipinski definition) is 2. The highest BCUT2D eigenvalue weighted by Crippen LogP contribution is 2.32. The number of halogens is 2. The Morgan fingerprint density at radius 2 is 2.14 bits per heavy atom. The molecule has 2 atom stereocenters. The molecule has 2 fully saturated rings. The standard InChI is InChI=1S/C20H29FN4O2.HI/c1-3-22-20(24-18-10-25(9-13(18)2)17-4-5-17)23-8-14-6-16(21)7-15-11-26-12-27-19(14)15;/h6-7,13,17-18H,3-5,8-12H2,1-2H3,(H2,22,23,24);1H. The number of fused-ring (bicyclic) bond motifs is 1. The molecule has 6 nitrogen and oxygen atoms in total. The van der Waals surface area contributed by atoms with E-state index in [-0.39, 0.29) is 36.6 Å². The van der Waals surface area contributed by atoms with Crippen molar-refractivity contribution in [1.29, 1.82) is 0 Å². The van der Waals surface area contributed by atoms with Crippen LogP contribution >= 0.6 is 24.0 Å². The van der Waals surface area contributed by atoms with Crippen molar-refractivity contribution >= 4 is 29.9 Å². The first-order valence-corrected chi connectivity index (χ1v) is 9.94. The van der Waals surface area contributed by atoms with E-state index in [0.717, 1.165) is 42.8 Å². The van der Waals surface area contributed by atoms with Gasteiger partial charge in [0.25, 0.3) is 0 Å². The molecule has 1 aliphatic carbocycles. The normalized spacial score (nSPS) is 24.9. The number of aliphatic imine (C=N–C) groups is 1. The van der Waals surface area contributed by atoms with Gasteiger partial charge in [-0.2, -0.15) is 0 Å². The fourth-order valence-corrected chi connectivity index (χ4v) is 3.96. The van der Waals surface area contributed by atoms with Crippen LogP contribution in [-0.4, -0.2) is 49.4 Å². The molecule has 28 heavy (non-hydrogen) atoms. The minimum absolute atomic E-state index is 0. The van der Waals surface area contributed by atoms with Gasteiger partial charge in [0.15, 0.2) is 12.8 Å². The maximum atomic E-state index is 13.9. The van der Waals surface area contributed by atoms with Crippen LogP contribution in [0.25, 0.3) is 0 Å². The summed E-state index contributed by atoms with van der Waals surface area (Å²) in [4.78, 5) is 7.29. The molecular weight excluding hydrogens is 474 g/mol. The summed E-state index contributed by atoms with van der Waals surface area (Å²) in [5.41, 5.74) is 1.50. The average molecular weight is 504 g/mol. The maximum Gasteiger partial charge on any atom is 0.191 e. The molecule has 3 aliphatic rings. The van der Waals surface area contributed by atoms with Crippen molar-refractivity contribution < 1.29 is 13.9 Å². The lowest BCUT2D eigenvalue weighted by Gasteiger charge is -2.22. The third-order valence-corrected chi connectivity index (χ3v) is 5.53. The Bertz CT molecular complexity index is 714. The van der Waals surface area contributed by atoms with Gasteiger partial charge in [0.05, 0.1) is 13.2 Å². The zero-order valence-electron chi connectivity index (χ0n) is 16.5. The zero-order chi connectivity index (χ0) is 18.8. The van der Waals surface area contributed by atoms with Crippen molar-refractivity contribution in [3.8, 4) is 5.75 Å². The predicted octanol–water partition coefficient (Wildman–Crippen LogP) is 2.85. The molecular formula is C20H30FIN4O2. The molecule has 156 valence electrons. The summed E-state index contributed by atoms with van der Waals surface area (Å²) in [6.45, 7) is 8.27. The Hall–Kier alpha value is -1.13. The largest absolute Gasteiger partial charge is 0.467 e. The molecule has 1 saturated carbocycles. The Labute approximate surface area is 183 Å². The van der Waals surface area contributed by atoms with Crippen molar-refractivity contribution in [3.05, 3.63) is 29.1 Å². The SMILES string of the molecule is CCNC(=NCc1cc(F)cc2c1OCOC2)NC1CN(C2CC2)CC1C.I. The molecule has 1 aromatic carbocycles. The first-order chi connectivity index (χ1) is 13.1. The molecule has 0 spiro atoms. The summed E-state index contributed by atoms with van der Waals surface area (Å²) >= 11 is 0. The number of hydrogen-bond acceptors (Lipinski definition) is 4. The summed E-state index contributed by atoms with van der Waals surface area (Å²) < 4.78 is 24.8. The molecule has 4 rings (SSSR count). The van der Waals surface area contributed by atoms with Gasteiger partial charge in [0, 0.05) is 42.8 Å². The number of rotatable bonds is 5. The van der Waals surface area contributed by atoms with Gasteiger partial charge in [-0.05, 0) is 37.8 Å². The highest BCUT2D eigenvalue weighted by molar-refractivity contribution is 14.0. The van der Waals surface area contributed by atoms with E-state index in [4.69, 9.17) is 14.5 Å². The monoisotopic (exact) mass is 504 g/mol. The van der Waals surface area contributed by atoms with E-state index in [1.807, 2.05) is 0 Å². The van der Waals surface area contributed by atoms with E-state index >= 15 is 0 Å². The smallest absolute Gasteiger partial charge is 0.191 e. The second-order valence-electron chi connectivity index (χ2n) is 7.77. The first kappa shape index (κ1) is 21.6. The molecule has 1 aromatic rings. The molecule has 8 heteroatoms. The number of nitrogens with one attached hydrogen (secondary N) is 2. The highest BCUT2D eigenvalue weighted by atomic mass is 127. The van der Waals surface area contributed by atoms with Crippen LogP contribution in [0.15, 0.2) is 17.1 Å². The van der Waals surface area contributed by atoms with Gasteiger partial charge < -0.3 is 20.1 Å². The van der Waals surface area contributed by atoms with Crippen molar-refractivity contribution in [2.45, 2.75) is 51.9 Å². The number of nitrogens with zero attached hydrogens (tertiary/aromatic N) is 2. The number of benzene rings is 1.